The minimum atomic E-state index is 0.106. The Labute approximate surface area is 167 Å². The molecule has 0 aliphatic carbocycles. The Kier molecular flexibility index (Phi) is 6.69. The van der Waals surface area contributed by atoms with Crippen LogP contribution >= 0.6 is 0 Å². The summed E-state index contributed by atoms with van der Waals surface area (Å²) < 4.78 is 12.2. The van der Waals surface area contributed by atoms with Gasteiger partial charge in [-0.2, -0.15) is 0 Å². The van der Waals surface area contributed by atoms with Crippen molar-refractivity contribution in [3.05, 3.63) is 83.9 Å². The molecule has 2 unspecified atom stereocenters. The molecule has 3 rings (SSSR count). The van der Waals surface area contributed by atoms with Crippen LogP contribution in [0.1, 0.15) is 25.0 Å². The zero-order valence-electron chi connectivity index (χ0n) is 16.5. The molecule has 0 aliphatic heterocycles. The van der Waals surface area contributed by atoms with Crippen LogP contribution in [0, 0.1) is 0 Å². The van der Waals surface area contributed by atoms with E-state index in [-0.39, 0.29) is 12.1 Å². The van der Waals surface area contributed by atoms with Gasteiger partial charge in [0.2, 0.25) is 0 Å². The van der Waals surface area contributed by atoms with Crippen molar-refractivity contribution in [1.29, 1.82) is 0 Å². The van der Waals surface area contributed by atoms with Crippen molar-refractivity contribution in [2.24, 2.45) is 11.5 Å². The highest BCUT2D eigenvalue weighted by Crippen LogP contribution is 2.35. The third kappa shape index (κ3) is 5.84. The first kappa shape index (κ1) is 19.9. The van der Waals surface area contributed by atoms with E-state index in [0.29, 0.717) is 11.5 Å². The molecule has 4 heteroatoms. The molecule has 4 nitrogen and oxygen atoms in total. The van der Waals surface area contributed by atoms with Crippen LogP contribution in [0.5, 0.6) is 23.0 Å². The van der Waals surface area contributed by atoms with Crippen molar-refractivity contribution in [1.82, 2.24) is 0 Å². The summed E-state index contributed by atoms with van der Waals surface area (Å²) in [5.41, 5.74) is 14.1. The second-order valence-corrected chi connectivity index (χ2v) is 7.31. The standard InChI is InChI=1S/C24H28N2O2/c1-17(25)13-19-7-5-9-21(15-19)27-23-11-3-4-12-24(23)28-22-10-6-8-20(16-22)14-18(2)26/h3-12,15-18H,13-14,25-26H2,1-2H3. The molecule has 3 aromatic carbocycles. The quantitative estimate of drug-likeness (QED) is 0.577. The monoisotopic (exact) mass is 376 g/mol. The van der Waals surface area contributed by atoms with Gasteiger partial charge in [0, 0.05) is 12.1 Å². The number of benzene rings is 3. The fourth-order valence-corrected chi connectivity index (χ4v) is 3.09. The molecular formula is C24H28N2O2. The molecule has 0 saturated heterocycles. The predicted molar refractivity (Wildman–Crippen MR) is 114 cm³/mol. The summed E-state index contributed by atoms with van der Waals surface area (Å²) in [6.07, 6.45) is 1.61. The van der Waals surface area contributed by atoms with Gasteiger partial charge in [0.1, 0.15) is 11.5 Å². The zero-order chi connectivity index (χ0) is 19.9. The van der Waals surface area contributed by atoms with Crippen LogP contribution in [0.4, 0.5) is 0 Å². The van der Waals surface area contributed by atoms with Crippen molar-refractivity contribution in [2.75, 3.05) is 0 Å². The first-order valence-corrected chi connectivity index (χ1v) is 9.63. The molecule has 3 aromatic rings. The minimum absolute atomic E-state index is 0.106. The van der Waals surface area contributed by atoms with Crippen molar-refractivity contribution in [3.63, 3.8) is 0 Å². The molecule has 2 atom stereocenters. The number of hydrogen-bond acceptors (Lipinski definition) is 4. The summed E-state index contributed by atoms with van der Waals surface area (Å²) in [7, 11) is 0. The van der Waals surface area contributed by atoms with Crippen LogP contribution in [0.3, 0.4) is 0 Å². The maximum Gasteiger partial charge on any atom is 0.169 e. The summed E-state index contributed by atoms with van der Waals surface area (Å²) in [6.45, 7) is 3.99. The molecule has 0 spiro atoms. The minimum Gasteiger partial charge on any atom is -0.453 e. The van der Waals surface area contributed by atoms with Crippen LogP contribution in [-0.2, 0) is 12.8 Å². The number of rotatable bonds is 8. The van der Waals surface area contributed by atoms with E-state index >= 15 is 0 Å². The van der Waals surface area contributed by atoms with Gasteiger partial charge < -0.3 is 20.9 Å². The normalized spacial score (nSPS) is 13.0. The Hall–Kier alpha value is -2.82. The maximum atomic E-state index is 6.11. The van der Waals surface area contributed by atoms with Crippen LogP contribution in [0.15, 0.2) is 72.8 Å². The second kappa shape index (κ2) is 9.40. The van der Waals surface area contributed by atoms with Gasteiger partial charge in [-0.15, -0.1) is 0 Å². The molecule has 0 radical (unpaired) electrons. The third-order valence-corrected chi connectivity index (χ3v) is 4.22. The van der Waals surface area contributed by atoms with Gasteiger partial charge >= 0.3 is 0 Å². The molecule has 0 aromatic heterocycles. The topological polar surface area (TPSA) is 70.5 Å². The van der Waals surface area contributed by atoms with Crippen LogP contribution < -0.4 is 20.9 Å². The highest BCUT2D eigenvalue weighted by Gasteiger charge is 2.09. The average Bonchev–Trinajstić information content (AvgIpc) is 2.63. The van der Waals surface area contributed by atoms with Crippen molar-refractivity contribution in [3.8, 4) is 23.0 Å². The Balaban J connectivity index is 1.79. The molecule has 4 N–H and O–H groups in total. The van der Waals surface area contributed by atoms with E-state index < -0.39 is 0 Å². The highest BCUT2D eigenvalue weighted by molar-refractivity contribution is 5.46. The van der Waals surface area contributed by atoms with E-state index in [2.05, 4.69) is 12.1 Å². The highest BCUT2D eigenvalue weighted by atomic mass is 16.5. The molecule has 0 bridgehead atoms. The first-order valence-electron chi connectivity index (χ1n) is 9.63. The summed E-state index contributed by atoms with van der Waals surface area (Å²) in [6, 6.07) is 23.9. The number of hydrogen-bond donors (Lipinski definition) is 2. The van der Waals surface area contributed by atoms with E-state index in [1.807, 2.05) is 74.5 Å². The van der Waals surface area contributed by atoms with Gasteiger partial charge in [0.25, 0.3) is 0 Å². The Bertz CT molecular complexity index is 832. The lowest BCUT2D eigenvalue weighted by Crippen LogP contribution is -2.17. The van der Waals surface area contributed by atoms with E-state index in [1.54, 1.807) is 0 Å². The van der Waals surface area contributed by atoms with E-state index in [9.17, 15) is 0 Å². The predicted octanol–water partition coefficient (Wildman–Crippen LogP) is 5.05. The molecule has 0 heterocycles. The van der Waals surface area contributed by atoms with E-state index in [0.717, 1.165) is 35.5 Å². The van der Waals surface area contributed by atoms with Crippen molar-refractivity contribution >= 4 is 0 Å². The lowest BCUT2D eigenvalue weighted by atomic mass is 10.1. The molecule has 0 aliphatic rings. The first-order chi connectivity index (χ1) is 13.5. The Morgan fingerprint density at radius 1 is 0.643 bits per heavy atom. The van der Waals surface area contributed by atoms with Gasteiger partial charge in [-0.25, -0.2) is 0 Å². The Morgan fingerprint density at radius 3 is 1.46 bits per heavy atom. The molecule has 28 heavy (non-hydrogen) atoms. The fraction of sp³-hybridized carbons (Fsp3) is 0.250. The number of nitrogens with two attached hydrogens (primary N) is 2. The van der Waals surface area contributed by atoms with Crippen molar-refractivity contribution in [2.45, 2.75) is 38.8 Å². The molecule has 0 fully saturated rings. The van der Waals surface area contributed by atoms with Crippen LogP contribution in [-0.4, -0.2) is 12.1 Å². The summed E-state index contributed by atoms with van der Waals surface area (Å²) in [4.78, 5) is 0. The second-order valence-electron chi connectivity index (χ2n) is 7.31. The molecule has 0 amide bonds. The average molecular weight is 377 g/mol. The SMILES string of the molecule is CC(N)Cc1cccc(Oc2ccccc2Oc2cccc(CC(C)N)c2)c1. The maximum absolute atomic E-state index is 6.11. The van der Waals surface area contributed by atoms with Gasteiger partial charge in [0.05, 0.1) is 0 Å². The Morgan fingerprint density at radius 2 is 1.07 bits per heavy atom. The fourth-order valence-electron chi connectivity index (χ4n) is 3.09. The van der Waals surface area contributed by atoms with Crippen molar-refractivity contribution < 1.29 is 9.47 Å². The third-order valence-electron chi connectivity index (χ3n) is 4.22. The van der Waals surface area contributed by atoms with E-state index in [1.165, 1.54) is 0 Å². The zero-order valence-corrected chi connectivity index (χ0v) is 16.5. The van der Waals surface area contributed by atoms with Crippen LogP contribution in [0.25, 0.3) is 0 Å². The lowest BCUT2D eigenvalue weighted by molar-refractivity contribution is 0.418. The summed E-state index contributed by atoms with van der Waals surface area (Å²) >= 11 is 0. The van der Waals surface area contributed by atoms with Crippen LogP contribution in [0.2, 0.25) is 0 Å². The largest absolute Gasteiger partial charge is 0.453 e. The summed E-state index contributed by atoms with van der Waals surface area (Å²) in [5.74, 6) is 2.86. The van der Waals surface area contributed by atoms with Gasteiger partial charge in [-0.3, -0.25) is 0 Å². The van der Waals surface area contributed by atoms with E-state index in [4.69, 9.17) is 20.9 Å². The van der Waals surface area contributed by atoms with Gasteiger partial charge in [-0.05, 0) is 74.2 Å². The summed E-state index contributed by atoms with van der Waals surface area (Å²) in [5, 5.41) is 0. The van der Waals surface area contributed by atoms with Gasteiger partial charge in [0.15, 0.2) is 11.5 Å². The molecule has 0 saturated carbocycles. The van der Waals surface area contributed by atoms with Gasteiger partial charge in [-0.1, -0.05) is 36.4 Å². The molecule has 146 valence electrons. The molecular weight excluding hydrogens is 348 g/mol. The lowest BCUT2D eigenvalue weighted by Gasteiger charge is -2.14. The smallest absolute Gasteiger partial charge is 0.169 e. The number of ether oxygens (including phenoxy) is 2. The number of para-hydroxylation sites is 2.